The topological polar surface area (TPSA) is 41.9 Å². The second kappa shape index (κ2) is 8.47. The van der Waals surface area contributed by atoms with Crippen molar-refractivity contribution in [1.29, 1.82) is 5.26 Å². The van der Waals surface area contributed by atoms with Crippen molar-refractivity contribution in [2.45, 2.75) is 19.3 Å². The van der Waals surface area contributed by atoms with E-state index in [4.69, 9.17) is 4.42 Å². The molecule has 0 saturated heterocycles. The third kappa shape index (κ3) is 3.18. The van der Waals surface area contributed by atoms with E-state index in [1.807, 2.05) is 12.1 Å². The summed E-state index contributed by atoms with van der Waals surface area (Å²) in [5, 5.41) is 14.6. The molecule has 0 atom stereocenters. The van der Waals surface area contributed by atoms with Crippen molar-refractivity contribution >= 4 is 43.7 Å². The van der Waals surface area contributed by atoms with E-state index >= 15 is 0 Å². The van der Waals surface area contributed by atoms with Crippen LogP contribution in [-0.4, -0.2) is 4.57 Å². The molecule has 0 N–H and O–H groups in total. The molecule has 3 nitrogen and oxygen atoms in total. The number of hydrogen-bond donors (Lipinski definition) is 0. The zero-order chi connectivity index (χ0) is 28.9. The Morgan fingerprint density at radius 1 is 0.581 bits per heavy atom. The van der Waals surface area contributed by atoms with E-state index in [9.17, 15) is 5.26 Å². The normalized spacial score (nSPS) is 13.5. The highest BCUT2D eigenvalue weighted by molar-refractivity contribution is 6.15. The van der Waals surface area contributed by atoms with Crippen molar-refractivity contribution in [2.75, 3.05) is 0 Å². The zero-order valence-corrected chi connectivity index (χ0v) is 23.8. The monoisotopic (exact) mass is 550 g/mol. The largest absolute Gasteiger partial charge is 0.456 e. The lowest BCUT2D eigenvalue weighted by Crippen LogP contribution is -2.14. The maximum Gasteiger partial charge on any atom is 0.136 e. The van der Waals surface area contributed by atoms with Gasteiger partial charge in [0.05, 0.1) is 28.4 Å². The standard InChI is InChI=1S/C40H26N2O/c1-40(2)32-14-6-3-10-25(32)29-21-31-38(22-33(29)40)43-37-17-9-13-28(39(31)37)30-20-24(23-41)18-19-36(30)42-34-15-7-4-11-26(34)27-12-5-8-16-35(27)42/h3-22H,1-2H3. The van der Waals surface area contributed by atoms with Gasteiger partial charge in [0.15, 0.2) is 0 Å². The van der Waals surface area contributed by atoms with Gasteiger partial charge >= 0.3 is 0 Å². The molecule has 2 heterocycles. The van der Waals surface area contributed by atoms with Crippen molar-refractivity contribution in [3.05, 3.63) is 138 Å². The number of aromatic nitrogens is 1. The fourth-order valence-corrected chi connectivity index (χ4v) is 7.44. The second-order valence-electron chi connectivity index (χ2n) is 12.1. The molecule has 0 bridgehead atoms. The average Bonchev–Trinajstić information content (AvgIpc) is 3.66. The van der Waals surface area contributed by atoms with Crippen LogP contribution in [0.15, 0.2) is 126 Å². The van der Waals surface area contributed by atoms with E-state index in [1.54, 1.807) is 0 Å². The Labute approximate surface area is 248 Å². The molecule has 43 heavy (non-hydrogen) atoms. The van der Waals surface area contributed by atoms with Crippen LogP contribution < -0.4 is 0 Å². The molecule has 6 aromatic carbocycles. The van der Waals surface area contributed by atoms with E-state index in [2.05, 4.69) is 134 Å². The summed E-state index contributed by atoms with van der Waals surface area (Å²) in [5.41, 5.74) is 12.8. The first-order chi connectivity index (χ1) is 21.0. The number of furan rings is 1. The number of para-hydroxylation sites is 2. The number of nitriles is 1. The average molecular weight is 551 g/mol. The van der Waals surface area contributed by atoms with Gasteiger partial charge in [0.1, 0.15) is 11.2 Å². The van der Waals surface area contributed by atoms with Crippen molar-refractivity contribution in [3.63, 3.8) is 0 Å². The quantitative estimate of drug-likeness (QED) is 0.215. The van der Waals surface area contributed by atoms with E-state index in [0.717, 1.165) is 49.8 Å². The summed E-state index contributed by atoms with van der Waals surface area (Å²) < 4.78 is 8.92. The summed E-state index contributed by atoms with van der Waals surface area (Å²) in [5.74, 6) is 0. The highest BCUT2D eigenvalue weighted by Gasteiger charge is 2.36. The Kier molecular flexibility index (Phi) is 4.74. The smallest absolute Gasteiger partial charge is 0.136 e. The maximum absolute atomic E-state index is 9.99. The molecule has 0 radical (unpaired) electrons. The van der Waals surface area contributed by atoms with Gasteiger partial charge in [0, 0.05) is 32.5 Å². The zero-order valence-electron chi connectivity index (χ0n) is 23.8. The highest BCUT2D eigenvalue weighted by atomic mass is 16.3. The molecule has 2 aromatic heterocycles. The van der Waals surface area contributed by atoms with Crippen LogP contribution in [0.5, 0.6) is 0 Å². The Hall–Kier alpha value is -5.59. The Morgan fingerprint density at radius 2 is 1.28 bits per heavy atom. The number of benzene rings is 6. The van der Waals surface area contributed by atoms with Crippen LogP contribution in [0.25, 0.3) is 71.7 Å². The first-order valence-corrected chi connectivity index (χ1v) is 14.7. The SMILES string of the molecule is CC1(C)c2ccccc2-c2cc3c(cc21)oc1cccc(-c2cc(C#N)ccc2-n2c4ccccc4c4ccccc42)c13. The molecule has 0 amide bonds. The fourth-order valence-electron chi connectivity index (χ4n) is 7.44. The summed E-state index contributed by atoms with van der Waals surface area (Å²) in [6, 6.07) is 45.1. The van der Waals surface area contributed by atoms with Gasteiger partial charge in [-0.15, -0.1) is 0 Å². The predicted molar refractivity (Wildman–Crippen MR) is 176 cm³/mol. The van der Waals surface area contributed by atoms with Crippen molar-refractivity contribution in [3.8, 4) is 34.0 Å². The molecule has 0 spiro atoms. The lowest BCUT2D eigenvalue weighted by Gasteiger charge is -2.21. The van der Waals surface area contributed by atoms with Crippen molar-refractivity contribution in [2.24, 2.45) is 0 Å². The van der Waals surface area contributed by atoms with E-state index in [0.29, 0.717) is 5.56 Å². The van der Waals surface area contributed by atoms with E-state index in [1.165, 1.54) is 33.0 Å². The van der Waals surface area contributed by atoms with Crippen LogP contribution in [0.2, 0.25) is 0 Å². The van der Waals surface area contributed by atoms with Gasteiger partial charge in [-0.3, -0.25) is 0 Å². The molecule has 1 aliphatic rings. The van der Waals surface area contributed by atoms with Gasteiger partial charge in [-0.1, -0.05) is 86.6 Å². The van der Waals surface area contributed by atoms with Gasteiger partial charge in [-0.25, -0.2) is 0 Å². The summed E-state index contributed by atoms with van der Waals surface area (Å²) in [4.78, 5) is 0. The van der Waals surface area contributed by atoms with Gasteiger partial charge in [0.25, 0.3) is 0 Å². The third-order valence-electron chi connectivity index (χ3n) is 9.44. The molecule has 3 heteroatoms. The minimum Gasteiger partial charge on any atom is -0.456 e. The van der Waals surface area contributed by atoms with Gasteiger partial charge in [-0.2, -0.15) is 5.26 Å². The lowest BCUT2D eigenvalue weighted by molar-refractivity contribution is 0.647. The summed E-state index contributed by atoms with van der Waals surface area (Å²) in [7, 11) is 0. The minimum atomic E-state index is -0.104. The number of fused-ring (bicyclic) bond motifs is 9. The van der Waals surface area contributed by atoms with Crippen molar-refractivity contribution < 1.29 is 4.42 Å². The van der Waals surface area contributed by atoms with Crippen LogP contribution in [0.1, 0.15) is 30.5 Å². The molecule has 0 fully saturated rings. The molecule has 0 aliphatic heterocycles. The summed E-state index contributed by atoms with van der Waals surface area (Å²) >= 11 is 0. The van der Waals surface area contributed by atoms with Gasteiger partial charge in [0.2, 0.25) is 0 Å². The van der Waals surface area contributed by atoms with Crippen LogP contribution in [0.3, 0.4) is 0 Å². The molecule has 0 saturated carbocycles. The van der Waals surface area contributed by atoms with Gasteiger partial charge in [-0.05, 0) is 76.3 Å². The van der Waals surface area contributed by atoms with Crippen molar-refractivity contribution in [1.82, 2.24) is 4.57 Å². The molecule has 0 unspecified atom stereocenters. The molecular formula is C40H26N2O. The fraction of sp³-hybridized carbons (Fsp3) is 0.0750. The molecule has 9 rings (SSSR count). The first kappa shape index (κ1) is 24.1. The lowest BCUT2D eigenvalue weighted by atomic mass is 9.82. The number of hydrogen-bond acceptors (Lipinski definition) is 2. The Morgan fingerprint density at radius 3 is 2.05 bits per heavy atom. The van der Waals surface area contributed by atoms with Crippen LogP contribution in [0, 0.1) is 11.3 Å². The molecule has 202 valence electrons. The molecule has 1 aliphatic carbocycles. The van der Waals surface area contributed by atoms with Crippen LogP contribution in [0.4, 0.5) is 0 Å². The Balaban J connectivity index is 1.39. The Bertz CT molecular complexity index is 2450. The summed E-state index contributed by atoms with van der Waals surface area (Å²) in [6.07, 6.45) is 0. The minimum absolute atomic E-state index is 0.104. The van der Waals surface area contributed by atoms with Crippen LogP contribution >= 0.6 is 0 Å². The number of rotatable bonds is 2. The number of nitrogens with zero attached hydrogens (tertiary/aromatic N) is 2. The summed E-state index contributed by atoms with van der Waals surface area (Å²) in [6.45, 7) is 4.59. The highest BCUT2D eigenvalue weighted by Crippen LogP contribution is 2.51. The second-order valence-corrected chi connectivity index (χ2v) is 12.1. The first-order valence-electron chi connectivity index (χ1n) is 14.7. The predicted octanol–water partition coefficient (Wildman–Crippen LogP) is 10.5. The third-order valence-corrected chi connectivity index (χ3v) is 9.44. The van der Waals surface area contributed by atoms with E-state index in [-0.39, 0.29) is 5.41 Å². The van der Waals surface area contributed by atoms with Gasteiger partial charge < -0.3 is 8.98 Å². The van der Waals surface area contributed by atoms with E-state index < -0.39 is 0 Å². The molecule has 8 aromatic rings. The van der Waals surface area contributed by atoms with Crippen LogP contribution in [-0.2, 0) is 5.41 Å². The maximum atomic E-state index is 9.99. The molecular weight excluding hydrogens is 524 g/mol.